The van der Waals surface area contributed by atoms with Crippen LogP contribution in [-0.2, 0) is 12.8 Å². The van der Waals surface area contributed by atoms with E-state index in [2.05, 4.69) is 0 Å². The van der Waals surface area contributed by atoms with Crippen molar-refractivity contribution < 1.29 is 9.18 Å². The monoisotopic (exact) mass is 240 g/mol. The lowest BCUT2D eigenvalue weighted by atomic mass is 9.99. The number of benzene rings is 2. The van der Waals surface area contributed by atoms with Gasteiger partial charge in [-0.25, -0.2) is 4.39 Å². The third-order valence-corrected chi connectivity index (χ3v) is 3.47. The molecular formula is C16H13FO. The maximum Gasteiger partial charge on any atom is 0.193 e. The minimum Gasteiger partial charge on any atom is -0.289 e. The Morgan fingerprint density at radius 2 is 1.56 bits per heavy atom. The molecule has 18 heavy (non-hydrogen) atoms. The Kier molecular flexibility index (Phi) is 2.71. The predicted molar refractivity (Wildman–Crippen MR) is 68.3 cm³/mol. The van der Waals surface area contributed by atoms with Gasteiger partial charge in [0.2, 0.25) is 0 Å². The van der Waals surface area contributed by atoms with Gasteiger partial charge in [-0.2, -0.15) is 0 Å². The molecule has 0 amide bonds. The smallest absolute Gasteiger partial charge is 0.193 e. The van der Waals surface area contributed by atoms with Crippen LogP contribution in [-0.4, -0.2) is 5.78 Å². The average molecular weight is 240 g/mol. The van der Waals surface area contributed by atoms with E-state index in [1.165, 1.54) is 41.8 Å². The molecule has 0 heterocycles. The maximum atomic E-state index is 12.8. The van der Waals surface area contributed by atoms with Gasteiger partial charge in [0.25, 0.3) is 0 Å². The Hall–Kier alpha value is -1.96. The quantitative estimate of drug-likeness (QED) is 0.734. The summed E-state index contributed by atoms with van der Waals surface area (Å²) in [7, 11) is 0. The van der Waals surface area contributed by atoms with Crippen LogP contribution in [0.3, 0.4) is 0 Å². The molecule has 0 saturated carbocycles. The van der Waals surface area contributed by atoms with Crippen LogP contribution < -0.4 is 0 Å². The van der Waals surface area contributed by atoms with Crippen molar-refractivity contribution >= 4 is 5.78 Å². The molecule has 1 aliphatic carbocycles. The molecule has 0 spiro atoms. The van der Waals surface area contributed by atoms with Crippen molar-refractivity contribution in [1.82, 2.24) is 0 Å². The van der Waals surface area contributed by atoms with E-state index in [0.29, 0.717) is 11.1 Å². The topological polar surface area (TPSA) is 17.1 Å². The average Bonchev–Trinajstić information content (AvgIpc) is 2.86. The number of ketones is 1. The number of carbonyl (C=O) groups is 1. The SMILES string of the molecule is O=C(c1ccc(F)cc1)c1ccc2c(c1)CCC2. The van der Waals surface area contributed by atoms with Crippen LogP contribution in [0.1, 0.15) is 33.5 Å². The molecule has 0 radical (unpaired) electrons. The molecule has 2 heteroatoms. The van der Waals surface area contributed by atoms with Crippen LogP contribution in [0, 0.1) is 5.82 Å². The minimum absolute atomic E-state index is 0.0373. The summed E-state index contributed by atoms with van der Waals surface area (Å²) in [6, 6.07) is 11.6. The van der Waals surface area contributed by atoms with Crippen molar-refractivity contribution in [3.05, 3.63) is 70.5 Å². The Labute approximate surface area is 105 Å². The van der Waals surface area contributed by atoms with Crippen LogP contribution in [0.25, 0.3) is 0 Å². The van der Waals surface area contributed by atoms with E-state index in [1.807, 2.05) is 18.2 Å². The normalized spacial score (nSPS) is 13.4. The van der Waals surface area contributed by atoms with Crippen molar-refractivity contribution in [2.45, 2.75) is 19.3 Å². The molecule has 0 bridgehead atoms. The zero-order chi connectivity index (χ0) is 12.5. The molecular weight excluding hydrogens is 227 g/mol. The van der Waals surface area contributed by atoms with Crippen molar-refractivity contribution in [2.24, 2.45) is 0 Å². The van der Waals surface area contributed by atoms with E-state index in [4.69, 9.17) is 0 Å². The second kappa shape index (κ2) is 4.37. The van der Waals surface area contributed by atoms with Gasteiger partial charge in [-0.15, -0.1) is 0 Å². The van der Waals surface area contributed by atoms with E-state index in [1.54, 1.807) is 0 Å². The molecule has 0 aliphatic heterocycles. The molecule has 2 aromatic rings. The number of rotatable bonds is 2. The summed E-state index contributed by atoms with van der Waals surface area (Å²) in [6.45, 7) is 0. The lowest BCUT2D eigenvalue weighted by Crippen LogP contribution is -2.02. The van der Waals surface area contributed by atoms with Gasteiger partial charge in [0.15, 0.2) is 5.78 Å². The lowest BCUT2D eigenvalue weighted by molar-refractivity contribution is 0.103. The molecule has 0 fully saturated rings. The van der Waals surface area contributed by atoms with Crippen LogP contribution in [0.4, 0.5) is 4.39 Å². The van der Waals surface area contributed by atoms with Crippen LogP contribution in [0.5, 0.6) is 0 Å². The number of halogens is 1. The van der Waals surface area contributed by atoms with Crippen molar-refractivity contribution in [3.63, 3.8) is 0 Å². The second-order valence-electron chi connectivity index (χ2n) is 4.67. The highest BCUT2D eigenvalue weighted by Crippen LogP contribution is 2.24. The zero-order valence-electron chi connectivity index (χ0n) is 9.95. The fraction of sp³-hybridized carbons (Fsp3) is 0.188. The number of aryl methyl sites for hydroxylation is 2. The van der Waals surface area contributed by atoms with Gasteiger partial charge in [0.05, 0.1) is 0 Å². The van der Waals surface area contributed by atoms with Gasteiger partial charge < -0.3 is 0 Å². The maximum absolute atomic E-state index is 12.8. The Bertz CT molecular complexity index is 599. The van der Waals surface area contributed by atoms with Gasteiger partial charge in [-0.3, -0.25) is 4.79 Å². The van der Waals surface area contributed by atoms with Crippen molar-refractivity contribution in [3.8, 4) is 0 Å². The van der Waals surface area contributed by atoms with Gasteiger partial charge in [0.1, 0.15) is 5.82 Å². The summed E-state index contributed by atoms with van der Waals surface area (Å²) in [5, 5.41) is 0. The van der Waals surface area contributed by atoms with E-state index >= 15 is 0 Å². The van der Waals surface area contributed by atoms with Crippen LogP contribution >= 0.6 is 0 Å². The molecule has 0 atom stereocenters. The summed E-state index contributed by atoms with van der Waals surface area (Å²) in [4.78, 5) is 12.2. The Balaban J connectivity index is 1.95. The third-order valence-electron chi connectivity index (χ3n) is 3.47. The van der Waals surface area contributed by atoms with Crippen molar-refractivity contribution in [1.29, 1.82) is 0 Å². The summed E-state index contributed by atoms with van der Waals surface area (Å²) in [5.74, 6) is -0.356. The first kappa shape index (κ1) is 11.1. The van der Waals surface area contributed by atoms with Gasteiger partial charge in [-0.1, -0.05) is 12.1 Å². The molecule has 0 saturated heterocycles. The van der Waals surface area contributed by atoms with Gasteiger partial charge in [0, 0.05) is 11.1 Å². The first-order valence-corrected chi connectivity index (χ1v) is 6.16. The number of fused-ring (bicyclic) bond motifs is 1. The molecule has 0 unspecified atom stereocenters. The number of hydrogen-bond donors (Lipinski definition) is 0. The largest absolute Gasteiger partial charge is 0.289 e. The predicted octanol–water partition coefficient (Wildman–Crippen LogP) is 3.55. The standard InChI is InChI=1S/C16H13FO/c17-15-8-6-12(7-9-15)16(18)14-5-4-11-2-1-3-13(11)10-14/h4-10H,1-3H2. The lowest BCUT2D eigenvalue weighted by Gasteiger charge is -2.04. The first-order valence-electron chi connectivity index (χ1n) is 6.16. The molecule has 0 aromatic heterocycles. The van der Waals surface area contributed by atoms with Crippen LogP contribution in [0.15, 0.2) is 42.5 Å². The Morgan fingerprint density at radius 1 is 0.889 bits per heavy atom. The van der Waals surface area contributed by atoms with E-state index in [-0.39, 0.29) is 11.6 Å². The number of hydrogen-bond acceptors (Lipinski definition) is 1. The molecule has 1 aliphatic rings. The molecule has 90 valence electrons. The second-order valence-corrected chi connectivity index (χ2v) is 4.67. The van der Waals surface area contributed by atoms with Gasteiger partial charge >= 0.3 is 0 Å². The van der Waals surface area contributed by atoms with E-state index in [0.717, 1.165) is 12.8 Å². The van der Waals surface area contributed by atoms with Crippen LogP contribution in [0.2, 0.25) is 0 Å². The third kappa shape index (κ3) is 1.94. The van der Waals surface area contributed by atoms with Crippen molar-refractivity contribution in [2.75, 3.05) is 0 Å². The summed E-state index contributed by atoms with van der Waals surface area (Å²) in [5.41, 5.74) is 3.87. The van der Waals surface area contributed by atoms with E-state index < -0.39 is 0 Å². The molecule has 2 aromatic carbocycles. The fourth-order valence-corrected chi connectivity index (χ4v) is 2.48. The Morgan fingerprint density at radius 3 is 2.33 bits per heavy atom. The van der Waals surface area contributed by atoms with E-state index in [9.17, 15) is 9.18 Å². The zero-order valence-corrected chi connectivity index (χ0v) is 9.95. The molecule has 3 rings (SSSR count). The van der Waals surface area contributed by atoms with Gasteiger partial charge in [-0.05, 0) is 60.7 Å². The minimum atomic E-state index is -0.319. The molecule has 0 N–H and O–H groups in total. The molecule has 1 nitrogen and oxygen atoms in total. The summed E-state index contributed by atoms with van der Waals surface area (Å²) < 4.78 is 12.8. The first-order chi connectivity index (χ1) is 8.74. The highest BCUT2D eigenvalue weighted by atomic mass is 19.1. The summed E-state index contributed by atoms with van der Waals surface area (Å²) >= 11 is 0. The highest BCUT2D eigenvalue weighted by molar-refractivity contribution is 6.09. The highest BCUT2D eigenvalue weighted by Gasteiger charge is 2.14. The summed E-state index contributed by atoms with van der Waals surface area (Å²) in [6.07, 6.45) is 3.34. The fourth-order valence-electron chi connectivity index (χ4n) is 2.48. The number of carbonyl (C=O) groups excluding carboxylic acids is 1.